The maximum Gasteiger partial charge on any atom is 0.116 e. The van der Waals surface area contributed by atoms with Gasteiger partial charge in [-0.1, -0.05) is 23.7 Å². The molecule has 1 aliphatic heterocycles. The molecule has 0 amide bonds. The van der Waals surface area contributed by atoms with E-state index in [4.69, 9.17) is 27.9 Å². The maximum atomic E-state index is 6.22. The fraction of sp³-hybridized carbons (Fsp3) is 0.333. The third-order valence-electron chi connectivity index (χ3n) is 2.02. The van der Waals surface area contributed by atoms with Crippen molar-refractivity contribution in [2.24, 2.45) is 0 Å². The van der Waals surface area contributed by atoms with Gasteiger partial charge in [0.15, 0.2) is 0 Å². The summed E-state index contributed by atoms with van der Waals surface area (Å²) in [5.41, 5.74) is 1.08. The first-order valence-electron chi connectivity index (χ1n) is 3.73. The zero-order chi connectivity index (χ0) is 8.60. The van der Waals surface area contributed by atoms with E-state index >= 15 is 0 Å². The number of rotatable bonds is 1. The largest absolute Gasteiger partial charge is 0.377 e. The van der Waals surface area contributed by atoms with Crippen LogP contribution in [0.5, 0.6) is 0 Å². The third kappa shape index (κ3) is 1.33. The minimum atomic E-state index is -0.301. The van der Waals surface area contributed by atoms with Crippen LogP contribution in [-0.2, 0) is 9.61 Å². The maximum absolute atomic E-state index is 6.22. The van der Waals surface area contributed by atoms with Gasteiger partial charge >= 0.3 is 0 Å². The predicted octanol–water partition coefficient (Wildman–Crippen LogP) is 2.80. The van der Waals surface area contributed by atoms with Gasteiger partial charge in [-0.05, 0) is 17.7 Å². The molecule has 1 aromatic carbocycles. The molecule has 12 heavy (non-hydrogen) atoms. The Morgan fingerprint density at radius 3 is 2.17 bits per heavy atom. The SMILES string of the molecule is Clc1ccc(C2(Cl)COC2)cc1. The molecule has 64 valence electrons. The fourth-order valence-electron chi connectivity index (χ4n) is 1.20. The molecule has 0 unspecified atom stereocenters. The molecule has 0 aromatic heterocycles. The minimum absolute atomic E-state index is 0.301. The molecule has 1 aromatic rings. The Morgan fingerprint density at radius 2 is 1.75 bits per heavy atom. The van der Waals surface area contributed by atoms with Crippen molar-refractivity contribution < 1.29 is 4.74 Å². The molecule has 0 N–H and O–H groups in total. The molecule has 2 rings (SSSR count). The van der Waals surface area contributed by atoms with Crippen LogP contribution in [0.3, 0.4) is 0 Å². The van der Waals surface area contributed by atoms with Gasteiger partial charge in [-0.15, -0.1) is 11.6 Å². The first-order valence-corrected chi connectivity index (χ1v) is 4.49. The molecule has 1 heterocycles. The van der Waals surface area contributed by atoms with Gasteiger partial charge in [0.05, 0.1) is 13.2 Å². The van der Waals surface area contributed by atoms with E-state index in [1.165, 1.54) is 0 Å². The molecular formula is C9H8Cl2O. The van der Waals surface area contributed by atoms with E-state index < -0.39 is 0 Å². The topological polar surface area (TPSA) is 9.23 Å². The van der Waals surface area contributed by atoms with Crippen molar-refractivity contribution in [2.75, 3.05) is 13.2 Å². The van der Waals surface area contributed by atoms with Crippen LogP contribution in [0.15, 0.2) is 24.3 Å². The van der Waals surface area contributed by atoms with Gasteiger partial charge in [-0.25, -0.2) is 0 Å². The van der Waals surface area contributed by atoms with Crippen LogP contribution in [0.1, 0.15) is 5.56 Å². The smallest absolute Gasteiger partial charge is 0.116 e. The highest BCUT2D eigenvalue weighted by molar-refractivity contribution is 6.30. The summed E-state index contributed by atoms with van der Waals surface area (Å²) in [5.74, 6) is 0. The highest BCUT2D eigenvalue weighted by atomic mass is 35.5. The third-order valence-corrected chi connectivity index (χ3v) is 2.71. The molecule has 0 atom stereocenters. The molecular weight excluding hydrogens is 195 g/mol. The van der Waals surface area contributed by atoms with Crippen molar-refractivity contribution in [3.8, 4) is 0 Å². The van der Waals surface area contributed by atoms with Crippen LogP contribution >= 0.6 is 23.2 Å². The Bertz CT molecular complexity index is 277. The fourth-order valence-corrected chi connectivity index (χ4v) is 1.60. The molecule has 1 fully saturated rings. The molecule has 0 saturated carbocycles. The van der Waals surface area contributed by atoms with Crippen LogP contribution in [0.2, 0.25) is 5.02 Å². The van der Waals surface area contributed by atoms with Gasteiger partial charge in [0, 0.05) is 5.02 Å². The molecule has 0 spiro atoms. The van der Waals surface area contributed by atoms with Crippen molar-refractivity contribution in [2.45, 2.75) is 4.87 Å². The summed E-state index contributed by atoms with van der Waals surface area (Å²) in [6.45, 7) is 1.19. The minimum Gasteiger partial charge on any atom is -0.377 e. The average Bonchev–Trinajstić information content (AvgIpc) is 2.02. The van der Waals surface area contributed by atoms with Crippen molar-refractivity contribution in [1.29, 1.82) is 0 Å². The number of benzene rings is 1. The normalized spacial score (nSPS) is 20.2. The van der Waals surface area contributed by atoms with Gasteiger partial charge in [0.1, 0.15) is 4.87 Å². The first-order chi connectivity index (χ1) is 5.71. The van der Waals surface area contributed by atoms with Crippen LogP contribution in [0.4, 0.5) is 0 Å². The van der Waals surface area contributed by atoms with Gasteiger partial charge in [0.2, 0.25) is 0 Å². The van der Waals surface area contributed by atoms with Gasteiger partial charge < -0.3 is 4.74 Å². The van der Waals surface area contributed by atoms with Crippen molar-refractivity contribution >= 4 is 23.2 Å². The number of hydrogen-bond donors (Lipinski definition) is 0. The number of ether oxygens (including phenoxy) is 1. The second kappa shape index (κ2) is 2.91. The second-order valence-electron chi connectivity index (χ2n) is 2.96. The van der Waals surface area contributed by atoms with Crippen LogP contribution in [-0.4, -0.2) is 13.2 Å². The Hall–Kier alpha value is -0.240. The summed E-state index contributed by atoms with van der Waals surface area (Å²) in [6.07, 6.45) is 0. The summed E-state index contributed by atoms with van der Waals surface area (Å²) < 4.78 is 5.06. The molecule has 1 nitrogen and oxygen atoms in total. The monoisotopic (exact) mass is 202 g/mol. The van der Waals surface area contributed by atoms with Crippen molar-refractivity contribution in [3.05, 3.63) is 34.9 Å². The average molecular weight is 203 g/mol. The summed E-state index contributed by atoms with van der Waals surface area (Å²) in [6, 6.07) is 7.58. The summed E-state index contributed by atoms with van der Waals surface area (Å²) in [4.78, 5) is -0.301. The molecule has 1 aliphatic rings. The predicted molar refractivity (Wildman–Crippen MR) is 49.8 cm³/mol. The van der Waals surface area contributed by atoms with E-state index in [0.29, 0.717) is 13.2 Å². The lowest BCUT2D eigenvalue weighted by Gasteiger charge is -2.35. The van der Waals surface area contributed by atoms with Crippen molar-refractivity contribution in [1.82, 2.24) is 0 Å². The van der Waals surface area contributed by atoms with Gasteiger partial charge in [0.25, 0.3) is 0 Å². The summed E-state index contributed by atoms with van der Waals surface area (Å²) in [7, 11) is 0. The Labute approximate surface area is 81.2 Å². The van der Waals surface area contributed by atoms with Crippen LogP contribution in [0.25, 0.3) is 0 Å². The molecule has 0 radical (unpaired) electrons. The summed E-state index contributed by atoms with van der Waals surface area (Å²) >= 11 is 12.0. The molecule has 0 aliphatic carbocycles. The van der Waals surface area contributed by atoms with Crippen LogP contribution in [0, 0.1) is 0 Å². The molecule has 3 heteroatoms. The van der Waals surface area contributed by atoms with E-state index in [9.17, 15) is 0 Å². The lowest BCUT2D eigenvalue weighted by molar-refractivity contribution is -0.0152. The van der Waals surface area contributed by atoms with E-state index in [2.05, 4.69) is 0 Å². The number of hydrogen-bond acceptors (Lipinski definition) is 1. The quantitative estimate of drug-likeness (QED) is 0.637. The van der Waals surface area contributed by atoms with Crippen LogP contribution < -0.4 is 0 Å². The number of alkyl halides is 1. The Balaban J connectivity index is 2.28. The lowest BCUT2D eigenvalue weighted by Crippen LogP contribution is -2.41. The molecule has 0 bridgehead atoms. The molecule has 1 saturated heterocycles. The first kappa shape index (κ1) is 8.36. The highest BCUT2D eigenvalue weighted by Gasteiger charge is 2.37. The Kier molecular flexibility index (Phi) is 2.03. The van der Waals surface area contributed by atoms with E-state index in [-0.39, 0.29) is 4.87 Å². The Morgan fingerprint density at radius 1 is 1.17 bits per heavy atom. The van der Waals surface area contributed by atoms with Gasteiger partial charge in [-0.3, -0.25) is 0 Å². The van der Waals surface area contributed by atoms with Gasteiger partial charge in [-0.2, -0.15) is 0 Å². The van der Waals surface area contributed by atoms with E-state index in [1.54, 1.807) is 0 Å². The highest BCUT2D eigenvalue weighted by Crippen LogP contribution is 2.36. The standard InChI is InChI=1S/C9H8Cl2O/c10-8-3-1-7(2-4-8)9(11)5-12-6-9/h1-4H,5-6H2. The zero-order valence-electron chi connectivity index (χ0n) is 6.39. The van der Waals surface area contributed by atoms with E-state index in [0.717, 1.165) is 10.6 Å². The van der Waals surface area contributed by atoms with E-state index in [1.807, 2.05) is 24.3 Å². The zero-order valence-corrected chi connectivity index (χ0v) is 7.90. The van der Waals surface area contributed by atoms with Crippen molar-refractivity contribution in [3.63, 3.8) is 0 Å². The summed E-state index contributed by atoms with van der Waals surface area (Å²) in [5, 5.41) is 0.735. The number of halogens is 2. The second-order valence-corrected chi connectivity index (χ2v) is 4.12. The lowest BCUT2D eigenvalue weighted by atomic mass is 9.97.